The molecule has 0 spiro atoms. The van der Waals surface area contributed by atoms with Crippen LogP contribution in [0.15, 0.2) is 23.2 Å². The Bertz CT molecular complexity index is 643. The van der Waals surface area contributed by atoms with E-state index >= 15 is 0 Å². The molecule has 1 fully saturated rings. The van der Waals surface area contributed by atoms with Crippen LogP contribution in [0.25, 0.3) is 0 Å². The van der Waals surface area contributed by atoms with Crippen LogP contribution in [0.2, 0.25) is 0 Å². The lowest BCUT2D eigenvalue weighted by Crippen LogP contribution is -2.46. The molecule has 4 nitrogen and oxygen atoms in total. The van der Waals surface area contributed by atoms with Crippen LogP contribution in [0.3, 0.4) is 0 Å². The molecule has 1 atom stereocenters. The van der Waals surface area contributed by atoms with Crippen LogP contribution < -0.4 is 10.6 Å². The summed E-state index contributed by atoms with van der Waals surface area (Å²) in [5, 5.41) is 6.09. The molecule has 0 aromatic heterocycles. The lowest BCUT2D eigenvalue weighted by molar-refractivity contribution is -0.138. The van der Waals surface area contributed by atoms with Gasteiger partial charge in [0, 0.05) is 32.7 Å². The third-order valence-electron chi connectivity index (χ3n) is 4.89. The smallest absolute Gasteiger partial charge is 0.356 e. The molecule has 1 unspecified atom stereocenters. The van der Waals surface area contributed by atoms with E-state index in [1.54, 1.807) is 7.05 Å². The maximum Gasteiger partial charge on any atom is 0.416 e. The predicted octanol–water partition coefficient (Wildman–Crippen LogP) is 3.63. The number of nitrogens with zero attached hydrogens (tertiary/aromatic N) is 2. The Balaban J connectivity index is 1.91. The summed E-state index contributed by atoms with van der Waals surface area (Å²) in [5.74, 6) is 0.00552. The molecule has 1 heterocycles. The third-order valence-corrected chi connectivity index (χ3v) is 4.89. The average molecular weight is 388 g/mol. The first-order valence-electron chi connectivity index (χ1n) is 9.25. The standard InChI is InChI=1S/C19H28F4N4/c1-13(2)27-8-4-5-14(12-27)10-25-18(24-3)26-11-15-6-7-16(20)9-17(15)19(21,22)23/h6-7,9,13-14H,4-5,8,10-12H2,1-3H3,(H2,24,25,26). The van der Waals surface area contributed by atoms with Gasteiger partial charge < -0.3 is 15.5 Å². The van der Waals surface area contributed by atoms with Gasteiger partial charge in [-0.15, -0.1) is 0 Å². The van der Waals surface area contributed by atoms with E-state index in [2.05, 4.69) is 34.4 Å². The van der Waals surface area contributed by atoms with Gasteiger partial charge in [-0.1, -0.05) is 6.07 Å². The van der Waals surface area contributed by atoms with Crippen molar-refractivity contribution in [1.82, 2.24) is 15.5 Å². The summed E-state index contributed by atoms with van der Waals surface area (Å²) >= 11 is 0. The minimum atomic E-state index is -4.60. The van der Waals surface area contributed by atoms with E-state index < -0.39 is 17.6 Å². The summed E-state index contributed by atoms with van der Waals surface area (Å²) < 4.78 is 52.4. The van der Waals surface area contributed by atoms with Crippen molar-refractivity contribution in [3.8, 4) is 0 Å². The van der Waals surface area contributed by atoms with E-state index in [-0.39, 0.29) is 12.1 Å². The highest BCUT2D eigenvalue weighted by atomic mass is 19.4. The quantitative estimate of drug-likeness (QED) is 0.460. The highest BCUT2D eigenvalue weighted by Crippen LogP contribution is 2.32. The fourth-order valence-corrected chi connectivity index (χ4v) is 3.34. The molecule has 0 amide bonds. The molecular weight excluding hydrogens is 360 g/mol. The number of nitrogens with one attached hydrogen (secondary N) is 2. The SMILES string of the molecule is CN=C(NCc1ccc(F)cc1C(F)(F)F)NCC1CCCN(C(C)C)C1. The summed E-state index contributed by atoms with van der Waals surface area (Å²) in [5.41, 5.74) is -0.985. The van der Waals surface area contributed by atoms with Gasteiger partial charge in [0.25, 0.3) is 0 Å². The van der Waals surface area contributed by atoms with Crippen LogP contribution in [0, 0.1) is 11.7 Å². The van der Waals surface area contributed by atoms with Gasteiger partial charge in [-0.3, -0.25) is 4.99 Å². The normalized spacial score (nSPS) is 19.4. The lowest BCUT2D eigenvalue weighted by Gasteiger charge is -2.35. The number of alkyl halides is 3. The first-order chi connectivity index (χ1) is 12.7. The molecule has 152 valence electrons. The van der Waals surface area contributed by atoms with Crippen LogP contribution in [-0.4, -0.2) is 43.6 Å². The topological polar surface area (TPSA) is 39.7 Å². The Morgan fingerprint density at radius 2 is 2.04 bits per heavy atom. The zero-order valence-corrected chi connectivity index (χ0v) is 16.0. The molecule has 2 N–H and O–H groups in total. The molecule has 0 saturated carbocycles. The molecule has 27 heavy (non-hydrogen) atoms. The van der Waals surface area contributed by atoms with Gasteiger partial charge in [0.05, 0.1) is 5.56 Å². The zero-order chi connectivity index (χ0) is 20.0. The Morgan fingerprint density at radius 1 is 1.30 bits per heavy atom. The van der Waals surface area contributed by atoms with Crippen molar-refractivity contribution in [1.29, 1.82) is 0 Å². The van der Waals surface area contributed by atoms with Crippen LogP contribution >= 0.6 is 0 Å². The highest BCUT2D eigenvalue weighted by molar-refractivity contribution is 5.79. The van der Waals surface area contributed by atoms with Crippen molar-refractivity contribution in [2.24, 2.45) is 10.9 Å². The minimum Gasteiger partial charge on any atom is -0.356 e. The van der Waals surface area contributed by atoms with E-state index in [1.807, 2.05) is 0 Å². The van der Waals surface area contributed by atoms with Crippen LogP contribution in [0.1, 0.15) is 37.8 Å². The Hall–Kier alpha value is -1.83. The maximum absolute atomic E-state index is 13.2. The highest BCUT2D eigenvalue weighted by Gasteiger charge is 2.33. The number of rotatable bonds is 5. The molecule has 8 heteroatoms. The molecule has 2 rings (SSSR count). The summed E-state index contributed by atoms with van der Waals surface area (Å²) in [7, 11) is 1.58. The summed E-state index contributed by atoms with van der Waals surface area (Å²) in [6.45, 7) is 7.08. The van der Waals surface area contributed by atoms with Crippen molar-refractivity contribution in [3.63, 3.8) is 0 Å². The van der Waals surface area contributed by atoms with Crippen molar-refractivity contribution in [3.05, 3.63) is 35.1 Å². The predicted molar refractivity (Wildman–Crippen MR) is 99.0 cm³/mol. The molecule has 1 saturated heterocycles. The van der Waals surface area contributed by atoms with Gasteiger partial charge in [-0.25, -0.2) is 4.39 Å². The van der Waals surface area contributed by atoms with Crippen LogP contribution in [0.4, 0.5) is 17.6 Å². The minimum absolute atomic E-state index is 0.0181. The van der Waals surface area contributed by atoms with Crippen molar-refractivity contribution in [2.75, 3.05) is 26.7 Å². The van der Waals surface area contributed by atoms with Crippen LogP contribution in [-0.2, 0) is 12.7 Å². The monoisotopic (exact) mass is 388 g/mol. The molecule has 1 aliphatic heterocycles. The number of piperidine rings is 1. The van der Waals surface area contributed by atoms with Gasteiger partial charge in [0.1, 0.15) is 5.82 Å². The van der Waals surface area contributed by atoms with Gasteiger partial charge in [-0.2, -0.15) is 13.2 Å². The van der Waals surface area contributed by atoms with Crippen molar-refractivity contribution < 1.29 is 17.6 Å². The summed E-state index contributed by atoms with van der Waals surface area (Å²) in [4.78, 5) is 6.51. The fraction of sp³-hybridized carbons (Fsp3) is 0.632. The second-order valence-corrected chi connectivity index (χ2v) is 7.20. The second kappa shape index (κ2) is 9.39. The molecule has 1 aromatic carbocycles. The largest absolute Gasteiger partial charge is 0.416 e. The van der Waals surface area contributed by atoms with E-state index in [1.165, 1.54) is 0 Å². The molecule has 0 aliphatic carbocycles. The Morgan fingerprint density at radius 3 is 2.67 bits per heavy atom. The van der Waals surface area contributed by atoms with E-state index in [0.717, 1.165) is 38.1 Å². The number of benzene rings is 1. The molecule has 0 radical (unpaired) electrons. The maximum atomic E-state index is 13.2. The van der Waals surface area contributed by atoms with E-state index in [0.29, 0.717) is 30.5 Å². The number of aliphatic imine (C=N–C) groups is 1. The number of hydrogen-bond acceptors (Lipinski definition) is 2. The van der Waals surface area contributed by atoms with Crippen molar-refractivity contribution in [2.45, 2.75) is 45.5 Å². The summed E-state index contributed by atoms with van der Waals surface area (Å²) in [6.07, 6.45) is -2.34. The second-order valence-electron chi connectivity index (χ2n) is 7.20. The lowest BCUT2D eigenvalue weighted by atomic mass is 9.97. The van der Waals surface area contributed by atoms with Crippen LogP contribution in [0.5, 0.6) is 0 Å². The number of halogens is 4. The van der Waals surface area contributed by atoms with Gasteiger partial charge >= 0.3 is 6.18 Å². The Kier molecular flexibility index (Phi) is 7.47. The van der Waals surface area contributed by atoms with E-state index in [9.17, 15) is 17.6 Å². The molecule has 1 aromatic rings. The first kappa shape index (κ1) is 21.5. The summed E-state index contributed by atoms with van der Waals surface area (Å²) in [6, 6.07) is 3.21. The fourth-order valence-electron chi connectivity index (χ4n) is 3.34. The van der Waals surface area contributed by atoms with E-state index in [4.69, 9.17) is 0 Å². The zero-order valence-electron chi connectivity index (χ0n) is 16.0. The first-order valence-corrected chi connectivity index (χ1v) is 9.25. The average Bonchev–Trinajstić information content (AvgIpc) is 2.62. The Labute approximate surface area is 158 Å². The molecular formula is C19H28F4N4. The van der Waals surface area contributed by atoms with Gasteiger partial charge in [0.2, 0.25) is 0 Å². The number of likely N-dealkylation sites (tertiary alicyclic amines) is 1. The molecule has 0 bridgehead atoms. The number of guanidine groups is 1. The van der Waals surface area contributed by atoms with Gasteiger partial charge in [0.15, 0.2) is 5.96 Å². The third kappa shape index (κ3) is 6.37. The van der Waals surface area contributed by atoms with Crippen molar-refractivity contribution >= 4 is 5.96 Å². The van der Waals surface area contributed by atoms with Gasteiger partial charge in [-0.05, 0) is 56.8 Å². The molecule has 1 aliphatic rings. The number of hydrogen-bond donors (Lipinski definition) is 2.